The van der Waals surface area contributed by atoms with Crippen molar-refractivity contribution in [2.75, 3.05) is 79.8 Å². The first kappa shape index (κ1) is 24.2. The number of methoxy groups -OCH3 is 2. The summed E-state index contributed by atoms with van der Waals surface area (Å²) in [4.78, 5) is 37.0. The zero-order valence-electron chi connectivity index (χ0n) is 15.8. The molecule has 0 aromatic carbocycles. The fourth-order valence-corrected chi connectivity index (χ4v) is 2.32. The van der Waals surface area contributed by atoms with Gasteiger partial charge in [0.1, 0.15) is 0 Å². The van der Waals surface area contributed by atoms with Crippen molar-refractivity contribution < 1.29 is 34.1 Å². The zero-order chi connectivity index (χ0) is 19.9. The van der Waals surface area contributed by atoms with E-state index in [4.69, 9.17) is 29.3 Å². The van der Waals surface area contributed by atoms with Crippen molar-refractivity contribution in [1.82, 2.24) is 14.7 Å². The molecule has 0 aromatic rings. The second-order valence-corrected chi connectivity index (χ2v) is 5.69. The first-order valence-electron chi connectivity index (χ1n) is 8.52. The molecule has 1 heterocycles. The van der Waals surface area contributed by atoms with Gasteiger partial charge in [-0.25, -0.2) is 9.59 Å². The Morgan fingerprint density at radius 3 is 1.65 bits per heavy atom. The van der Waals surface area contributed by atoms with Crippen molar-refractivity contribution in [2.24, 2.45) is 0 Å². The zero-order valence-corrected chi connectivity index (χ0v) is 15.8. The van der Waals surface area contributed by atoms with Crippen LogP contribution in [0, 0.1) is 0 Å². The summed E-state index contributed by atoms with van der Waals surface area (Å²) in [6, 6.07) is 0. The Bertz CT molecular complexity index is 406. The van der Waals surface area contributed by atoms with E-state index in [0.717, 1.165) is 32.7 Å². The molecule has 1 aliphatic heterocycles. The minimum Gasteiger partial charge on any atom is -0.473 e. The smallest absolute Gasteiger partial charge is 0.414 e. The van der Waals surface area contributed by atoms with Gasteiger partial charge in [-0.2, -0.15) is 0 Å². The van der Waals surface area contributed by atoms with Crippen molar-refractivity contribution in [3.63, 3.8) is 0 Å². The molecule has 0 atom stereocenters. The Balaban J connectivity index is 0.000000896. The molecule has 1 rings (SSSR count). The number of aliphatic carboxylic acids is 2. The van der Waals surface area contributed by atoms with Crippen LogP contribution < -0.4 is 0 Å². The van der Waals surface area contributed by atoms with Crippen molar-refractivity contribution in [2.45, 2.75) is 6.92 Å². The average Bonchev–Trinajstić information content (AvgIpc) is 2.62. The van der Waals surface area contributed by atoms with E-state index in [1.807, 2.05) is 4.90 Å². The quantitative estimate of drug-likeness (QED) is 0.482. The Hall–Kier alpha value is -1.75. The molecule has 0 saturated carbocycles. The van der Waals surface area contributed by atoms with Crippen LogP contribution in [0.4, 0.5) is 0 Å². The molecule has 0 unspecified atom stereocenters. The first-order chi connectivity index (χ1) is 12.3. The number of likely N-dealkylation sites (N-methyl/N-ethyl adjacent to an activating group) is 1. The highest BCUT2D eigenvalue weighted by Crippen LogP contribution is 2.02. The number of piperazine rings is 1. The van der Waals surface area contributed by atoms with Crippen LogP contribution in [0.25, 0.3) is 0 Å². The van der Waals surface area contributed by atoms with Crippen LogP contribution in [-0.4, -0.2) is 123 Å². The fourth-order valence-electron chi connectivity index (χ4n) is 2.32. The lowest BCUT2D eigenvalue weighted by Crippen LogP contribution is -2.50. The second-order valence-electron chi connectivity index (χ2n) is 5.69. The molecule has 10 nitrogen and oxygen atoms in total. The predicted octanol–water partition coefficient (Wildman–Crippen LogP) is -1.10. The minimum atomic E-state index is -1.82. The summed E-state index contributed by atoms with van der Waals surface area (Å²) in [5.74, 6) is -3.48. The van der Waals surface area contributed by atoms with Gasteiger partial charge in [0.25, 0.3) is 0 Å². The second kappa shape index (κ2) is 14.4. The summed E-state index contributed by atoms with van der Waals surface area (Å²) in [6.07, 6.45) is 0. The van der Waals surface area contributed by atoms with E-state index in [0.29, 0.717) is 32.8 Å². The van der Waals surface area contributed by atoms with Crippen LogP contribution in [0.5, 0.6) is 0 Å². The third-order valence-corrected chi connectivity index (χ3v) is 3.94. The largest absolute Gasteiger partial charge is 0.473 e. The van der Waals surface area contributed by atoms with Gasteiger partial charge in [-0.05, 0) is 6.54 Å². The molecule has 0 aliphatic carbocycles. The highest BCUT2D eigenvalue weighted by Gasteiger charge is 2.20. The Morgan fingerprint density at radius 1 is 0.885 bits per heavy atom. The van der Waals surface area contributed by atoms with Crippen LogP contribution in [0.3, 0.4) is 0 Å². The van der Waals surface area contributed by atoms with Gasteiger partial charge in [0.05, 0.1) is 19.8 Å². The van der Waals surface area contributed by atoms with E-state index in [9.17, 15) is 4.79 Å². The number of carbonyl (C=O) groups excluding carboxylic acids is 1. The highest BCUT2D eigenvalue weighted by molar-refractivity contribution is 6.27. The lowest BCUT2D eigenvalue weighted by atomic mass is 10.3. The number of carboxylic acid groups (broad SMARTS) is 2. The molecule has 0 bridgehead atoms. The topological polar surface area (TPSA) is 120 Å². The van der Waals surface area contributed by atoms with E-state index in [1.54, 1.807) is 14.2 Å². The van der Waals surface area contributed by atoms with Gasteiger partial charge in [0.2, 0.25) is 5.91 Å². The molecule has 1 aliphatic rings. The third kappa shape index (κ3) is 11.0. The van der Waals surface area contributed by atoms with Crippen molar-refractivity contribution in [1.29, 1.82) is 0 Å². The van der Waals surface area contributed by atoms with Gasteiger partial charge >= 0.3 is 11.9 Å². The van der Waals surface area contributed by atoms with E-state index >= 15 is 0 Å². The molecular weight excluding hydrogens is 346 g/mol. The molecule has 1 fully saturated rings. The highest BCUT2D eigenvalue weighted by atomic mass is 16.5. The van der Waals surface area contributed by atoms with E-state index < -0.39 is 11.9 Å². The maximum Gasteiger partial charge on any atom is 0.414 e. The molecule has 0 aromatic heterocycles. The summed E-state index contributed by atoms with van der Waals surface area (Å²) < 4.78 is 10.1. The Kier molecular flexibility index (Phi) is 13.5. The lowest BCUT2D eigenvalue weighted by molar-refractivity contribution is -0.159. The van der Waals surface area contributed by atoms with Crippen LogP contribution in [0.1, 0.15) is 6.92 Å². The molecule has 10 heteroatoms. The minimum absolute atomic E-state index is 0.170. The number of amides is 1. The van der Waals surface area contributed by atoms with E-state index in [1.165, 1.54) is 0 Å². The number of carbonyl (C=O) groups is 3. The van der Waals surface area contributed by atoms with Gasteiger partial charge in [0, 0.05) is 53.5 Å². The van der Waals surface area contributed by atoms with E-state index in [2.05, 4.69) is 16.7 Å². The standard InChI is InChI=1S/C14H29N3O3.C2H2O4/c1-4-15-5-7-16(8-6-15)13-14(18)17(9-11-19-2)10-12-20-3;3-1(4)2(5)6/h4-13H2,1-3H3;(H,3,4)(H,5,6). The van der Waals surface area contributed by atoms with Crippen LogP contribution >= 0.6 is 0 Å². The summed E-state index contributed by atoms with van der Waals surface area (Å²) in [6.45, 7) is 10.2. The number of nitrogens with zero attached hydrogens (tertiary/aromatic N) is 3. The molecule has 0 radical (unpaired) electrons. The Morgan fingerprint density at radius 2 is 1.31 bits per heavy atom. The van der Waals surface area contributed by atoms with Crippen LogP contribution in [0.15, 0.2) is 0 Å². The van der Waals surface area contributed by atoms with Crippen molar-refractivity contribution >= 4 is 17.8 Å². The van der Waals surface area contributed by atoms with Crippen molar-refractivity contribution in [3.05, 3.63) is 0 Å². The number of ether oxygens (including phenoxy) is 2. The molecule has 1 saturated heterocycles. The first-order valence-corrected chi connectivity index (χ1v) is 8.52. The van der Waals surface area contributed by atoms with Crippen molar-refractivity contribution in [3.8, 4) is 0 Å². The average molecular weight is 377 g/mol. The molecular formula is C16H31N3O7. The number of rotatable bonds is 9. The van der Waals surface area contributed by atoms with Gasteiger partial charge < -0.3 is 29.5 Å². The van der Waals surface area contributed by atoms with Gasteiger partial charge in [-0.15, -0.1) is 0 Å². The summed E-state index contributed by atoms with van der Waals surface area (Å²) in [7, 11) is 3.31. The normalized spacial score (nSPS) is 15.0. The Labute approximate surface area is 154 Å². The summed E-state index contributed by atoms with van der Waals surface area (Å²) in [5.41, 5.74) is 0. The number of carboxylic acids is 2. The predicted molar refractivity (Wildman–Crippen MR) is 94.2 cm³/mol. The lowest BCUT2D eigenvalue weighted by Gasteiger charge is -2.34. The van der Waals surface area contributed by atoms with Gasteiger partial charge in [0.15, 0.2) is 0 Å². The molecule has 152 valence electrons. The molecule has 2 N–H and O–H groups in total. The van der Waals surface area contributed by atoms with E-state index in [-0.39, 0.29) is 5.91 Å². The molecule has 0 spiro atoms. The molecule has 26 heavy (non-hydrogen) atoms. The summed E-state index contributed by atoms with van der Waals surface area (Å²) >= 11 is 0. The molecule has 1 amide bonds. The summed E-state index contributed by atoms with van der Waals surface area (Å²) in [5, 5.41) is 14.8. The van der Waals surface area contributed by atoms with Gasteiger partial charge in [-0.1, -0.05) is 6.92 Å². The maximum absolute atomic E-state index is 12.3. The fraction of sp³-hybridized carbons (Fsp3) is 0.812. The number of hydrogen-bond acceptors (Lipinski definition) is 7. The van der Waals surface area contributed by atoms with Crippen LogP contribution in [0.2, 0.25) is 0 Å². The third-order valence-electron chi connectivity index (χ3n) is 3.94. The maximum atomic E-state index is 12.3. The number of hydrogen-bond donors (Lipinski definition) is 2. The van der Waals surface area contributed by atoms with Crippen LogP contribution in [-0.2, 0) is 23.9 Å². The van der Waals surface area contributed by atoms with Gasteiger partial charge in [-0.3, -0.25) is 9.69 Å². The SMILES string of the molecule is CCN1CCN(CC(=O)N(CCOC)CCOC)CC1.O=C(O)C(=O)O. The monoisotopic (exact) mass is 377 g/mol.